The van der Waals surface area contributed by atoms with E-state index in [1.165, 1.54) is 0 Å². The summed E-state index contributed by atoms with van der Waals surface area (Å²) in [6.45, 7) is 0. The van der Waals surface area contributed by atoms with Gasteiger partial charge in [0, 0.05) is 11.1 Å². The molecular weight excluding hydrogens is 290 g/mol. The summed E-state index contributed by atoms with van der Waals surface area (Å²) in [6.07, 6.45) is 2.08. The van der Waals surface area contributed by atoms with Crippen molar-refractivity contribution in [3.05, 3.63) is 59.2 Å². The van der Waals surface area contributed by atoms with Gasteiger partial charge in [-0.1, -0.05) is 0 Å². The Kier molecular flexibility index (Phi) is 3.12. The molecule has 5 heteroatoms. The van der Waals surface area contributed by atoms with Crippen molar-refractivity contribution in [3.8, 4) is 11.5 Å². The SMILES string of the molecule is COc1ccc(N=C2NN=C3C2=Cc2cc(OC)ccc23)cc1. The van der Waals surface area contributed by atoms with Crippen LogP contribution in [0.15, 0.2) is 58.1 Å². The van der Waals surface area contributed by atoms with Crippen molar-refractivity contribution in [3.63, 3.8) is 0 Å². The average Bonchev–Trinajstić information content (AvgIpc) is 3.14. The molecule has 1 N–H and O–H groups in total. The Balaban J connectivity index is 1.68. The first kappa shape index (κ1) is 13.6. The summed E-state index contributed by atoms with van der Waals surface area (Å²) in [7, 11) is 3.31. The number of methoxy groups -OCH3 is 2. The summed E-state index contributed by atoms with van der Waals surface area (Å²) in [4.78, 5) is 4.64. The molecule has 0 saturated heterocycles. The third-order valence-electron chi connectivity index (χ3n) is 3.91. The van der Waals surface area contributed by atoms with Gasteiger partial charge in [0.1, 0.15) is 17.2 Å². The van der Waals surface area contributed by atoms with Crippen molar-refractivity contribution in [2.75, 3.05) is 14.2 Å². The topological polar surface area (TPSA) is 55.2 Å². The van der Waals surface area contributed by atoms with Crippen LogP contribution in [-0.2, 0) is 0 Å². The Bertz CT molecular complexity index is 864. The van der Waals surface area contributed by atoms with Crippen molar-refractivity contribution in [2.45, 2.75) is 0 Å². The molecule has 1 heterocycles. The molecule has 1 aliphatic carbocycles. The number of aliphatic imine (C=N–C) groups is 1. The van der Waals surface area contributed by atoms with Gasteiger partial charge in [-0.15, -0.1) is 0 Å². The number of hydrazone groups is 1. The van der Waals surface area contributed by atoms with Gasteiger partial charge < -0.3 is 9.47 Å². The minimum atomic E-state index is 0.750. The van der Waals surface area contributed by atoms with E-state index in [2.05, 4.69) is 21.6 Å². The number of nitrogens with zero attached hydrogens (tertiary/aromatic N) is 2. The third kappa shape index (κ3) is 2.26. The number of nitrogens with one attached hydrogen (secondary N) is 1. The molecule has 0 fully saturated rings. The Hall–Kier alpha value is -3.08. The molecule has 2 aromatic rings. The minimum absolute atomic E-state index is 0.750. The fourth-order valence-electron chi connectivity index (χ4n) is 2.71. The van der Waals surface area contributed by atoms with Gasteiger partial charge in [-0.05, 0) is 54.1 Å². The third-order valence-corrected chi connectivity index (χ3v) is 3.91. The molecule has 2 aromatic carbocycles. The Morgan fingerprint density at radius 3 is 2.43 bits per heavy atom. The zero-order chi connectivity index (χ0) is 15.8. The molecule has 1 aliphatic heterocycles. The standard InChI is InChI=1S/C18H15N3O2/c1-22-13-5-3-12(4-6-13)19-18-16-10-11-9-14(23-2)7-8-15(11)17(16)20-21-18/h3-10H,1-2H3,(H,19,21). The maximum absolute atomic E-state index is 5.28. The predicted molar refractivity (Wildman–Crippen MR) is 90.7 cm³/mol. The molecule has 23 heavy (non-hydrogen) atoms. The zero-order valence-corrected chi connectivity index (χ0v) is 12.8. The maximum Gasteiger partial charge on any atom is 0.156 e. The van der Waals surface area contributed by atoms with E-state index in [-0.39, 0.29) is 0 Å². The first-order valence-corrected chi connectivity index (χ1v) is 7.26. The molecule has 0 amide bonds. The van der Waals surface area contributed by atoms with Gasteiger partial charge >= 0.3 is 0 Å². The van der Waals surface area contributed by atoms with Gasteiger partial charge in [0.15, 0.2) is 5.84 Å². The quantitative estimate of drug-likeness (QED) is 0.948. The van der Waals surface area contributed by atoms with Crippen molar-refractivity contribution >= 4 is 23.3 Å². The van der Waals surface area contributed by atoms with E-state index < -0.39 is 0 Å². The highest BCUT2D eigenvalue weighted by Gasteiger charge is 2.29. The van der Waals surface area contributed by atoms with E-state index in [4.69, 9.17) is 9.47 Å². The minimum Gasteiger partial charge on any atom is -0.497 e. The number of hydrogen-bond donors (Lipinski definition) is 1. The highest BCUT2D eigenvalue weighted by atomic mass is 16.5. The number of amidine groups is 1. The van der Waals surface area contributed by atoms with Crippen LogP contribution >= 0.6 is 0 Å². The van der Waals surface area contributed by atoms with Crippen LogP contribution in [-0.4, -0.2) is 25.8 Å². The normalized spacial score (nSPS) is 16.3. The van der Waals surface area contributed by atoms with Crippen LogP contribution in [0.5, 0.6) is 11.5 Å². The summed E-state index contributed by atoms with van der Waals surface area (Å²) in [5, 5.41) is 4.41. The fourth-order valence-corrected chi connectivity index (χ4v) is 2.71. The van der Waals surface area contributed by atoms with Crippen LogP contribution < -0.4 is 14.9 Å². The average molecular weight is 305 g/mol. The molecule has 5 nitrogen and oxygen atoms in total. The van der Waals surface area contributed by atoms with Gasteiger partial charge in [0.2, 0.25) is 0 Å². The Morgan fingerprint density at radius 1 is 0.957 bits per heavy atom. The first-order valence-electron chi connectivity index (χ1n) is 7.26. The maximum atomic E-state index is 5.28. The fraction of sp³-hybridized carbons (Fsp3) is 0.111. The molecule has 0 bridgehead atoms. The number of rotatable bonds is 3. The van der Waals surface area contributed by atoms with E-state index in [1.54, 1.807) is 14.2 Å². The van der Waals surface area contributed by atoms with Crippen molar-refractivity contribution < 1.29 is 9.47 Å². The van der Waals surface area contributed by atoms with Crippen LogP contribution in [0.1, 0.15) is 11.1 Å². The van der Waals surface area contributed by atoms with Crippen LogP contribution in [0.4, 0.5) is 5.69 Å². The lowest BCUT2D eigenvalue weighted by atomic mass is 10.1. The lowest BCUT2D eigenvalue weighted by molar-refractivity contribution is 0.414. The molecule has 114 valence electrons. The monoisotopic (exact) mass is 305 g/mol. The predicted octanol–water partition coefficient (Wildman–Crippen LogP) is 3.14. The largest absolute Gasteiger partial charge is 0.497 e. The number of ether oxygens (including phenoxy) is 2. The van der Waals surface area contributed by atoms with Crippen LogP contribution in [0.2, 0.25) is 0 Å². The van der Waals surface area contributed by atoms with E-state index in [1.807, 2.05) is 42.5 Å². The second-order valence-electron chi connectivity index (χ2n) is 5.24. The first-order chi connectivity index (χ1) is 11.3. The molecule has 0 aromatic heterocycles. The van der Waals surface area contributed by atoms with Gasteiger partial charge in [-0.25, -0.2) is 4.99 Å². The van der Waals surface area contributed by atoms with Crippen molar-refractivity contribution in [2.24, 2.45) is 10.1 Å². The highest BCUT2D eigenvalue weighted by molar-refractivity contribution is 6.38. The summed E-state index contributed by atoms with van der Waals surface area (Å²) < 4.78 is 10.4. The summed E-state index contributed by atoms with van der Waals surface area (Å²) in [6, 6.07) is 13.6. The van der Waals surface area contributed by atoms with Crippen LogP contribution in [0, 0.1) is 0 Å². The van der Waals surface area contributed by atoms with Gasteiger partial charge in [0.05, 0.1) is 19.9 Å². The molecule has 0 radical (unpaired) electrons. The zero-order valence-electron chi connectivity index (χ0n) is 12.8. The van der Waals surface area contributed by atoms with Crippen LogP contribution in [0.25, 0.3) is 6.08 Å². The summed E-state index contributed by atoms with van der Waals surface area (Å²) in [5.41, 5.74) is 7.98. The lowest BCUT2D eigenvalue weighted by Gasteiger charge is -2.02. The smallest absolute Gasteiger partial charge is 0.156 e. The number of hydrogen-bond acceptors (Lipinski definition) is 4. The van der Waals surface area contributed by atoms with Gasteiger partial charge in [0.25, 0.3) is 0 Å². The van der Waals surface area contributed by atoms with Gasteiger partial charge in [-0.2, -0.15) is 5.10 Å². The number of benzene rings is 2. The summed E-state index contributed by atoms with van der Waals surface area (Å²) in [5.74, 6) is 2.40. The summed E-state index contributed by atoms with van der Waals surface area (Å²) >= 11 is 0. The van der Waals surface area contributed by atoms with E-state index >= 15 is 0 Å². The lowest BCUT2D eigenvalue weighted by Crippen LogP contribution is -2.12. The molecule has 0 spiro atoms. The van der Waals surface area contributed by atoms with Gasteiger partial charge in [-0.3, -0.25) is 5.43 Å². The molecule has 0 saturated carbocycles. The molecule has 2 aliphatic rings. The Labute approximate surface area is 134 Å². The molecular formula is C18H15N3O2. The number of fused-ring (bicyclic) bond motifs is 3. The Morgan fingerprint density at radius 2 is 1.70 bits per heavy atom. The molecule has 0 unspecified atom stereocenters. The van der Waals surface area contributed by atoms with Crippen LogP contribution in [0.3, 0.4) is 0 Å². The second-order valence-corrected chi connectivity index (χ2v) is 5.24. The highest BCUT2D eigenvalue weighted by Crippen LogP contribution is 2.32. The molecule has 4 rings (SSSR count). The second kappa shape index (κ2) is 5.28. The van der Waals surface area contributed by atoms with E-state index in [0.29, 0.717) is 0 Å². The molecule has 0 atom stereocenters. The van der Waals surface area contributed by atoms with E-state index in [9.17, 15) is 0 Å². The van der Waals surface area contributed by atoms with E-state index in [0.717, 1.165) is 45.4 Å². The van der Waals surface area contributed by atoms with Crippen molar-refractivity contribution in [1.29, 1.82) is 0 Å². The van der Waals surface area contributed by atoms with Crippen molar-refractivity contribution in [1.82, 2.24) is 5.43 Å².